The van der Waals surface area contributed by atoms with Crippen molar-refractivity contribution in [1.82, 2.24) is 0 Å². The van der Waals surface area contributed by atoms with E-state index in [1.54, 1.807) is 0 Å². The van der Waals surface area contributed by atoms with Gasteiger partial charge in [0.25, 0.3) is 0 Å². The molecule has 0 saturated carbocycles. The fourth-order valence-electron chi connectivity index (χ4n) is 0.470. The Morgan fingerprint density at radius 2 is 1.20 bits per heavy atom. The summed E-state index contributed by atoms with van der Waals surface area (Å²) < 4.78 is 0. The van der Waals surface area contributed by atoms with Gasteiger partial charge in [-0.2, -0.15) is 17.7 Å². The predicted octanol–water partition coefficient (Wildman–Crippen LogP) is -7.28. The van der Waals surface area contributed by atoms with E-state index in [0.29, 0.717) is 0 Å². The molecule has 56 valence electrons. The fourth-order valence-corrected chi connectivity index (χ4v) is 0.470. The summed E-state index contributed by atoms with van der Waals surface area (Å²) in [5.74, 6) is 0. The second-order valence-corrected chi connectivity index (χ2v) is 1.46. The Bertz CT molecular complexity index is 117. The SMILES string of the molecule is C[c-]1cccc1.[Br-].[Br-].[Br-].[Hf+4]. The molecule has 0 saturated heterocycles. The Balaban J connectivity index is -0.0000000450. The summed E-state index contributed by atoms with van der Waals surface area (Å²) in [6.45, 7) is 2.08. The molecule has 10 heavy (non-hydrogen) atoms. The van der Waals surface area contributed by atoms with Gasteiger partial charge in [0.1, 0.15) is 0 Å². The molecule has 0 unspecified atom stereocenters. The van der Waals surface area contributed by atoms with Crippen LogP contribution in [0.2, 0.25) is 0 Å². The van der Waals surface area contributed by atoms with Crippen LogP contribution < -0.4 is 50.9 Å². The van der Waals surface area contributed by atoms with E-state index in [-0.39, 0.29) is 76.8 Å². The first-order chi connectivity index (χ1) is 2.89. The van der Waals surface area contributed by atoms with Gasteiger partial charge in [0.2, 0.25) is 0 Å². The second-order valence-electron chi connectivity index (χ2n) is 1.46. The molecule has 0 bridgehead atoms. The van der Waals surface area contributed by atoms with Crippen molar-refractivity contribution in [3.63, 3.8) is 0 Å². The molecule has 0 aliphatic rings. The van der Waals surface area contributed by atoms with Crippen molar-refractivity contribution < 1.29 is 76.8 Å². The van der Waals surface area contributed by atoms with Gasteiger partial charge in [-0.15, -0.1) is 0 Å². The first kappa shape index (κ1) is 22.6. The quantitative estimate of drug-likeness (QED) is 0.247. The van der Waals surface area contributed by atoms with Gasteiger partial charge >= 0.3 is 25.8 Å². The van der Waals surface area contributed by atoms with E-state index in [4.69, 9.17) is 0 Å². The zero-order valence-corrected chi connectivity index (χ0v) is 13.8. The molecule has 0 nitrogen and oxygen atoms in total. The van der Waals surface area contributed by atoms with Crippen LogP contribution in [0.1, 0.15) is 5.56 Å². The van der Waals surface area contributed by atoms with Crippen molar-refractivity contribution in [2.45, 2.75) is 6.92 Å². The van der Waals surface area contributed by atoms with E-state index in [1.807, 2.05) is 12.1 Å². The zero-order valence-electron chi connectivity index (χ0n) is 5.44. The maximum atomic E-state index is 2.08. The molecule has 0 heterocycles. The molecule has 0 amide bonds. The number of rotatable bonds is 0. The van der Waals surface area contributed by atoms with Crippen LogP contribution in [0.25, 0.3) is 0 Å². The second kappa shape index (κ2) is 13.3. The molecular formula is C6H7Br3Hf. The summed E-state index contributed by atoms with van der Waals surface area (Å²) in [6.07, 6.45) is 0. The minimum atomic E-state index is 0. The average molecular weight is 497 g/mol. The molecule has 0 radical (unpaired) electrons. The van der Waals surface area contributed by atoms with Crippen molar-refractivity contribution in [3.05, 3.63) is 29.8 Å². The number of hydrogen-bond donors (Lipinski definition) is 0. The standard InChI is InChI=1S/C6H7.3BrH.Hf/c1-6-4-2-3-5-6;;;;/h2-5H,1H3;3*1H;/q-1;;;;+4/p-3. The van der Waals surface area contributed by atoms with Gasteiger partial charge in [-0.1, -0.05) is 6.92 Å². The monoisotopic (exact) mass is 496 g/mol. The molecule has 0 aromatic heterocycles. The van der Waals surface area contributed by atoms with Crippen LogP contribution in [-0.2, 0) is 25.8 Å². The first-order valence-electron chi connectivity index (χ1n) is 2.08. The summed E-state index contributed by atoms with van der Waals surface area (Å²) in [4.78, 5) is 0. The maximum absolute atomic E-state index is 2.08. The van der Waals surface area contributed by atoms with Gasteiger partial charge in [-0.3, -0.25) is 0 Å². The van der Waals surface area contributed by atoms with Crippen molar-refractivity contribution in [3.8, 4) is 0 Å². The zero-order chi connectivity index (χ0) is 4.41. The molecule has 0 atom stereocenters. The Morgan fingerprint density at radius 1 is 0.900 bits per heavy atom. The molecular weight excluding hydrogens is 490 g/mol. The van der Waals surface area contributed by atoms with E-state index in [0.717, 1.165) is 0 Å². The van der Waals surface area contributed by atoms with Gasteiger partial charge in [0.15, 0.2) is 0 Å². The van der Waals surface area contributed by atoms with E-state index in [1.165, 1.54) is 5.56 Å². The molecule has 0 N–H and O–H groups in total. The Morgan fingerprint density at radius 3 is 1.30 bits per heavy atom. The number of hydrogen-bond acceptors (Lipinski definition) is 0. The molecule has 1 aromatic rings. The van der Waals surface area contributed by atoms with Crippen molar-refractivity contribution in [2.75, 3.05) is 0 Å². The van der Waals surface area contributed by atoms with Crippen LogP contribution in [0.15, 0.2) is 24.3 Å². The normalized spacial score (nSPS) is 5.30. The van der Waals surface area contributed by atoms with E-state index >= 15 is 0 Å². The van der Waals surface area contributed by atoms with Crippen molar-refractivity contribution >= 4 is 0 Å². The summed E-state index contributed by atoms with van der Waals surface area (Å²) in [6, 6.07) is 8.24. The fraction of sp³-hybridized carbons (Fsp3) is 0.167. The minimum Gasteiger partial charge on any atom is -1.00 e. The molecule has 0 aliphatic carbocycles. The van der Waals surface area contributed by atoms with Gasteiger partial charge < -0.3 is 50.9 Å². The third kappa shape index (κ3) is 9.66. The minimum absolute atomic E-state index is 0. The van der Waals surface area contributed by atoms with Gasteiger partial charge in [0.05, 0.1) is 0 Å². The largest absolute Gasteiger partial charge is 4.00 e. The van der Waals surface area contributed by atoms with Crippen LogP contribution in [0, 0.1) is 6.92 Å². The Labute approximate surface area is 112 Å². The Kier molecular flexibility index (Phi) is 30.0. The molecule has 0 aliphatic heterocycles. The van der Waals surface area contributed by atoms with Gasteiger partial charge in [-0.25, -0.2) is 12.1 Å². The Hall–Kier alpha value is 1.66. The van der Waals surface area contributed by atoms with Crippen molar-refractivity contribution in [1.29, 1.82) is 0 Å². The molecule has 0 fully saturated rings. The first-order valence-corrected chi connectivity index (χ1v) is 2.08. The van der Waals surface area contributed by atoms with E-state index in [9.17, 15) is 0 Å². The summed E-state index contributed by atoms with van der Waals surface area (Å²) in [7, 11) is 0. The molecule has 4 heteroatoms. The summed E-state index contributed by atoms with van der Waals surface area (Å²) in [5.41, 5.74) is 1.34. The number of halogens is 3. The van der Waals surface area contributed by atoms with Crippen LogP contribution in [-0.4, -0.2) is 0 Å². The maximum Gasteiger partial charge on any atom is 4.00 e. The van der Waals surface area contributed by atoms with Gasteiger partial charge in [0, 0.05) is 0 Å². The topological polar surface area (TPSA) is 0 Å². The molecule has 1 rings (SSSR count). The van der Waals surface area contributed by atoms with E-state index in [2.05, 4.69) is 19.1 Å². The predicted molar refractivity (Wildman–Crippen MR) is 26.8 cm³/mol. The molecule has 0 spiro atoms. The van der Waals surface area contributed by atoms with Crippen LogP contribution >= 0.6 is 0 Å². The average Bonchev–Trinajstić information content (AvgIpc) is 1.86. The van der Waals surface area contributed by atoms with Crippen LogP contribution in [0.3, 0.4) is 0 Å². The third-order valence-electron chi connectivity index (χ3n) is 0.829. The molecule has 1 aromatic carbocycles. The summed E-state index contributed by atoms with van der Waals surface area (Å²) in [5, 5.41) is 0. The van der Waals surface area contributed by atoms with Gasteiger partial charge in [-0.05, 0) is 0 Å². The van der Waals surface area contributed by atoms with Crippen LogP contribution in [0.4, 0.5) is 0 Å². The van der Waals surface area contributed by atoms with Crippen LogP contribution in [0.5, 0.6) is 0 Å². The van der Waals surface area contributed by atoms with E-state index < -0.39 is 0 Å². The third-order valence-corrected chi connectivity index (χ3v) is 0.829. The van der Waals surface area contributed by atoms with Crippen molar-refractivity contribution in [2.24, 2.45) is 0 Å². The summed E-state index contributed by atoms with van der Waals surface area (Å²) >= 11 is 0. The smallest absolute Gasteiger partial charge is 1.00 e. The number of aryl methyl sites for hydroxylation is 1.